The molecule has 2 rings (SSSR count). The number of hydrogen-bond donors (Lipinski definition) is 2. The number of rotatable bonds is 4. The number of hydrogen-bond acceptors (Lipinski definition) is 4. The Hall–Kier alpha value is -1.29. The Morgan fingerprint density at radius 2 is 2.50 bits per heavy atom. The Balaban J connectivity index is 1.94. The van der Waals surface area contributed by atoms with Crippen molar-refractivity contribution in [1.29, 1.82) is 0 Å². The molecule has 1 aliphatic heterocycles. The average Bonchev–Trinajstić information content (AvgIpc) is 2.31. The van der Waals surface area contributed by atoms with Gasteiger partial charge in [0.2, 0.25) is 5.88 Å². The third kappa shape index (κ3) is 3.10. The summed E-state index contributed by atoms with van der Waals surface area (Å²) in [6.07, 6.45) is 2.43. The molecule has 1 aromatic heterocycles. The second-order valence-corrected chi connectivity index (χ2v) is 3.98. The molecule has 0 amide bonds. The molecule has 4 heteroatoms. The van der Waals surface area contributed by atoms with Crippen molar-refractivity contribution in [3.63, 3.8) is 0 Å². The van der Waals surface area contributed by atoms with Crippen LogP contribution in [0.2, 0.25) is 0 Å². The van der Waals surface area contributed by atoms with Crippen molar-refractivity contribution in [3.05, 3.63) is 18.2 Å². The van der Waals surface area contributed by atoms with Gasteiger partial charge in [-0.3, -0.25) is 0 Å². The summed E-state index contributed by atoms with van der Waals surface area (Å²) in [5.41, 5.74) is 0. The third-order valence-electron chi connectivity index (χ3n) is 2.66. The van der Waals surface area contributed by atoms with E-state index >= 15 is 0 Å². The molecule has 1 fully saturated rings. The van der Waals surface area contributed by atoms with Crippen LogP contribution >= 0.6 is 0 Å². The van der Waals surface area contributed by atoms with Crippen molar-refractivity contribution in [1.82, 2.24) is 10.3 Å². The number of nitrogens with zero attached hydrogens (tertiary/aromatic N) is 1. The van der Waals surface area contributed by atoms with Crippen LogP contribution in [0.15, 0.2) is 18.2 Å². The third-order valence-corrected chi connectivity index (χ3v) is 2.66. The largest absolute Gasteiger partial charge is 0.478 e. The molecule has 1 aromatic rings. The minimum Gasteiger partial charge on any atom is -0.478 e. The van der Waals surface area contributed by atoms with Gasteiger partial charge < -0.3 is 15.4 Å². The van der Waals surface area contributed by atoms with Gasteiger partial charge >= 0.3 is 0 Å². The lowest BCUT2D eigenvalue weighted by Gasteiger charge is -2.24. The molecule has 1 saturated heterocycles. The lowest BCUT2D eigenvalue weighted by atomic mass is 10.1. The standard InChI is InChI=1S/C12H19N3O/c1-2-16-12-7-3-6-11(15-12)14-10-5-4-8-13-9-10/h3,6-7,10,13H,2,4-5,8-9H2,1H3,(H,14,15). The molecule has 0 aromatic carbocycles. The fourth-order valence-corrected chi connectivity index (χ4v) is 1.91. The van der Waals surface area contributed by atoms with Crippen molar-refractivity contribution >= 4 is 5.82 Å². The van der Waals surface area contributed by atoms with Gasteiger partial charge in [-0.25, -0.2) is 0 Å². The summed E-state index contributed by atoms with van der Waals surface area (Å²) in [5.74, 6) is 1.59. The first-order valence-corrected chi connectivity index (χ1v) is 5.95. The predicted octanol–water partition coefficient (Wildman–Crippen LogP) is 1.64. The van der Waals surface area contributed by atoms with Crippen LogP contribution in [-0.4, -0.2) is 30.7 Å². The van der Waals surface area contributed by atoms with E-state index in [1.807, 2.05) is 25.1 Å². The monoisotopic (exact) mass is 221 g/mol. The first kappa shape index (κ1) is 11.2. The molecule has 0 bridgehead atoms. The Bertz CT molecular complexity index is 324. The summed E-state index contributed by atoms with van der Waals surface area (Å²) < 4.78 is 5.37. The molecule has 16 heavy (non-hydrogen) atoms. The van der Waals surface area contributed by atoms with Crippen LogP contribution in [0.25, 0.3) is 0 Å². The summed E-state index contributed by atoms with van der Waals surface area (Å²) in [7, 11) is 0. The van der Waals surface area contributed by atoms with E-state index < -0.39 is 0 Å². The van der Waals surface area contributed by atoms with E-state index in [0.717, 1.165) is 18.9 Å². The molecular weight excluding hydrogens is 202 g/mol. The van der Waals surface area contributed by atoms with Gasteiger partial charge in [0.25, 0.3) is 0 Å². The van der Waals surface area contributed by atoms with Gasteiger partial charge in [-0.2, -0.15) is 4.98 Å². The maximum atomic E-state index is 5.37. The Morgan fingerprint density at radius 3 is 3.25 bits per heavy atom. The average molecular weight is 221 g/mol. The summed E-state index contributed by atoms with van der Waals surface area (Å²) in [6, 6.07) is 6.32. The van der Waals surface area contributed by atoms with Gasteiger partial charge in [-0.1, -0.05) is 6.07 Å². The van der Waals surface area contributed by atoms with Gasteiger partial charge in [-0.15, -0.1) is 0 Å². The zero-order valence-electron chi connectivity index (χ0n) is 9.70. The fraction of sp³-hybridized carbons (Fsp3) is 0.583. The first-order chi connectivity index (χ1) is 7.88. The number of pyridine rings is 1. The number of piperidine rings is 1. The van der Waals surface area contributed by atoms with Crippen LogP contribution in [0.4, 0.5) is 5.82 Å². The minimum absolute atomic E-state index is 0.484. The Labute approximate surface area is 96.4 Å². The van der Waals surface area contributed by atoms with Crippen LogP contribution < -0.4 is 15.4 Å². The molecule has 88 valence electrons. The van der Waals surface area contributed by atoms with Crippen molar-refractivity contribution in [3.8, 4) is 5.88 Å². The van der Waals surface area contributed by atoms with E-state index in [1.165, 1.54) is 12.8 Å². The summed E-state index contributed by atoms with van der Waals surface area (Å²) in [5, 5.41) is 6.80. The normalized spacial score (nSPS) is 20.4. The maximum absolute atomic E-state index is 5.37. The van der Waals surface area contributed by atoms with Gasteiger partial charge in [-0.05, 0) is 32.4 Å². The van der Waals surface area contributed by atoms with Crippen LogP contribution in [0, 0.1) is 0 Å². The molecule has 1 unspecified atom stereocenters. The molecule has 0 spiro atoms. The molecule has 2 heterocycles. The zero-order valence-corrected chi connectivity index (χ0v) is 9.70. The molecule has 0 aliphatic carbocycles. The molecule has 0 saturated carbocycles. The molecule has 1 aliphatic rings. The fourth-order valence-electron chi connectivity index (χ4n) is 1.91. The number of nitrogens with one attached hydrogen (secondary N) is 2. The molecule has 2 N–H and O–H groups in total. The van der Waals surface area contributed by atoms with Crippen LogP contribution in [0.5, 0.6) is 5.88 Å². The second kappa shape index (κ2) is 5.70. The Kier molecular flexibility index (Phi) is 3.99. The SMILES string of the molecule is CCOc1cccc(NC2CCCNC2)n1. The van der Waals surface area contributed by atoms with Crippen LogP contribution in [-0.2, 0) is 0 Å². The van der Waals surface area contributed by atoms with Gasteiger partial charge in [0.15, 0.2) is 0 Å². The highest BCUT2D eigenvalue weighted by molar-refractivity contribution is 5.38. The van der Waals surface area contributed by atoms with E-state index in [1.54, 1.807) is 0 Å². The molecule has 1 atom stereocenters. The maximum Gasteiger partial charge on any atom is 0.215 e. The van der Waals surface area contributed by atoms with Crippen LogP contribution in [0.3, 0.4) is 0 Å². The highest BCUT2D eigenvalue weighted by Crippen LogP contribution is 2.14. The van der Waals surface area contributed by atoms with E-state index in [9.17, 15) is 0 Å². The van der Waals surface area contributed by atoms with Gasteiger partial charge in [0, 0.05) is 18.7 Å². The first-order valence-electron chi connectivity index (χ1n) is 5.95. The van der Waals surface area contributed by atoms with Crippen molar-refractivity contribution in [2.24, 2.45) is 0 Å². The summed E-state index contributed by atoms with van der Waals surface area (Å²) >= 11 is 0. The van der Waals surface area contributed by atoms with Crippen molar-refractivity contribution < 1.29 is 4.74 Å². The van der Waals surface area contributed by atoms with E-state index in [2.05, 4.69) is 15.6 Å². The van der Waals surface area contributed by atoms with Crippen molar-refractivity contribution in [2.75, 3.05) is 25.0 Å². The number of anilines is 1. The highest BCUT2D eigenvalue weighted by Gasteiger charge is 2.12. The molecule has 4 nitrogen and oxygen atoms in total. The van der Waals surface area contributed by atoms with Crippen molar-refractivity contribution in [2.45, 2.75) is 25.8 Å². The lowest BCUT2D eigenvalue weighted by molar-refractivity contribution is 0.327. The number of aromatic nitrogens is 1. The minimum atomic E-state index is 0.484. The van der Waals surface area contributed by atoms with Crippen LogP contribution in [0.1, 0.15) is 19.8 Å². The van der Waals surface area contributed by atoms with E-state index in [-0.39, 0.29) is 0 Å². The highest BCUT2D eigenvalue weighted by atomic mass is 16.5. The van der Waals surface area contributed by atoms with E-state index in [4.69, 9.17) is 4.74 Å². The smallest absolute Gasteiger partial charge is 0.215 e. The van der Waals surface area contributed by atoms with E-state index in [0.29, 0.717) is 18.5 Å². The summed E-state index contributed by atoms with van der Waals surface area (Å²) in [4.78, 5) is 4.40. The molecule has 0 radical (unpaired) electrons. The summed E-state index contributed by atoms with van der Waals surface area (Å²) in [6.45, 7) is 4.76. The van der Waals surface area contributed by atoms with Gasteiger partial charge in [0.05, 0.1) is 6.61 Å². The number of ether oxygens (including phenoxy) is 1. The lowest BCUT2D eigenvalue weighted by Crippen LogP contribution is -2.38. The molecular formula is C12H19N3O. The predicted molar refractivity (Wildman–Crippen MR) is 64.9 cm³/mol. The second-order valence-electron chi connectivity index (χ2n) is 3.98. The van der Waals surface area contributed by atoms with Gasteiger partial charge in [0.1, 0.15) is 5.82 Å². The zero-order chi connectivity index (χ0) is 11.2. The quantitative estimate of drug-likeness (QED) is 0.811. The Morgan fingerprint density at radius 1 is 1.56 bits per heavy atom. The topological polar surface area (TPSA) is 46.2 Å².